The maximum atomic E-state index is 4.58. The average molecular weight is 225 g/mol. The fourth-order valence-electron chi connectivity index (χ4n) is 1.68. The molecule has 1 rings (SSSR count). The van der Waals surface area contributed by atoms with Crippen molar-refractivity contribution in [3.63, 3.8) is 0 Å². The molecule has 0 atom stereocenters. The first-order chi connectivity index (χ1) is 7.36. The van der Waals surface area contributed by atoms with Crippen LogP contribution in [0.15, 0.2) is 5.38 Å². The second-order valence-corrected chi connectivity index (χ2v) is 5.05. The first-order valence-corrected chi connectivity index (χ1v) is 7.18. The molecule has 0 saturated heterocycles. The van der Waals surface area contributed by atoms with Gasteiger partial charge in [0.1, 0.15) is 0 Å². The van der Waals surface area contributed by atoms with E-state index in [4.69, 9.17) is 0 Å². The Bertz CT molecular complexity index is 255. The third kappa shape index (κ3) is 5.31. The second-order valence-electron chi connectivity index (χ2n) is 4.10. The van der Waals surface area contributed by atoms with E-state index in [1.807, 2.05) is 11.3 Å². The standard InChI is InChI=1S/C13H23NS/c1-3-5-6-7-8-9-10-13-14-12(4-2)11-15-13/h11H,3-10H2,1-2H3. The quantitative estimate of drug-likeness (QED) is 0.589. The normalized spacial score (nSPS) is 10.8. The van der Waals surface area contributed by atoms with Crippen LogP contribution >= 0.6 is 11.3 Å². The monoisotopic (exact) mass is 225 g/mol. The van der Waals surface area contributed by atoms with Gasteiger partial charge in [-0.3, -0.25) is 0 Å². The number of hydrogen-bond acceptors (Lipinski definition) is 2. The summed E-state index contributed by atoms with van der Waals surface area (Å²) in [6.07, 6.45) is 10.5. The molecule has 0 fully saturated rings. The van der Waals surface area contributed by atoms with Crippen molar-refractivity contribution in [1.82, 2.24) is 4.98 Å². The van der Waals surface area contributed by atoms with E-state index in [0.717, 1.165) is 6.42 Å². The maximum absolute atomic E-state index is 4.58. The molecule has 0 saturated carbocycles. The van der Waals surface area contributed by atoms with Crippen LogP contribution in [-0.2, 0) is 12.8 Å². The Morgan fingerprint density at radius 2 is 1.80 bits per heavy atom. The summed E-state index contributed by atoms with van der Waals surface area (Å²) in [5, 5.41) is 3.54. The van der Waals surface area contributed by atoms with Gasteiger partial charge in [0, 0.05) is 5.38 Å². The Balaban J connectivity index is 2.04. The van der Waals surface area contributed by atoms with Gasteiger partial charge < -0.3 is 0 Å². The molecule has 0 aliphatic heterocycles. The van der Waals surface area contributed by atoms with Gasteiger partial charge in [0.15, 0.2) is 0 Å². The largest absolute Gasteiger partial charge is 0.246 e. The minimum Gasteiger partial charge on any atom is -0.246 e. The van der Waals surface area contributed by atoms with Crippen LogP contribution in [0.2, 0.25) is 0 Å². The molecule has 0 unspecified atom stereocenters. The number of thiazole rings is 1. The summed E-state index contributed by atoms with van der Waals surface area (Å²) in [6, 6.07) is 0. The Hall–Kier alpha value is -0.370. The molecule has 0 amide bonds. The van der Waals surface area contributed by atoms with Gasteiger partial charge in [0.05, 0.1) is 10.7 Å². The highest BCUT2D eigenvalue weighted by Crippen LogP contribution is 2.14. The topological polar surface area (TPSA) is 12.9 Å². The molecule has 86 valence electrons. The van der Waals surface area contributed by atoms with Crippen molar-refractivity contribution < 1.29 is 0 Å². The van der Waals surface area contributed by atoms with Crippen LogP contribution in [0.4, 0.5) is 0 Å². The fourth-order valence-corrected chi connectivity index (χ4v) is 2.61. The summed E-state index contributed by atoms with van der Waals surface area (Å²) >= 11 is 1.83. The summed E-state index contributed by atoms with van der Waals surface area (Å²) < 4.78 is 0. The van der Waals surface area contributed by atoms with Crippen molar-refractivity contribution in [2.75, 3.05) is 0 Å². The average Bonchev–Trinajstić information content (AvgIpc) is 2.71. The molecule has 0 aromatic carbocycles. The third-order valence-corrected chi connectivity index (χ3v) is 3.66. The molecule has 0 bridgehead atoms. The zero-order valence-corrected chi connectivity index (χ0v) is 10.9. The highest BCUT2D eigenvalue weighted by Gasteiger charge is 1.99. The van der Waals surface area contributed by atoms with Crippen molar-refractivity contribution >= 4 is 11.3 Å². The first-order valence-electron chi connectivity index (χ1n) is 6.30. The molecule has 0 spiro atoms. The lowest BCUT2D eigenvalue weighted by Gasteiger charge is -1.98. The van der Waals surface area contributed by atoms with Crippen molar-refractivity contribution in [2.45, 2.75) is 65.2 Å². The van der Waals surface area contributed by atoms with Crippen LogP contribution in [0.5, 0.6) is 0 Å². The number of hydrogen-bond donors (Lipinski definition) is 0. The van der Waals surface area contributed by atoms with E-state index in [9.17, 15) is 0 Å². The summed E-state index contributed by atoms with van der Waals surface area (Å²) in [5.41, 5.74) is 1.26. The lowest BCUT2D eigenvalue weighted by Crippen LogP contribution is -1.86. The van der Waals surface area contributed by atoms with Crippen LogP contribution in [0.1, 0.15) is 63.1 Å². The van der Waals surface area contributed by atoms with E-state index in [0.29, 0.717) is 0 Å². The van der Waals surface area contributed by atoms with E-state index in [1.54, 1.807) is 0 Å². The predicted molar refractivity (Wildman–Crippen MR) is 68.6 cm³/mol. The van der Waals surface area contributed by atoms with Gasteiger partial charge in [-0.2, -0.15) is 0 Å². The summed E-state index contributed by atoms with van der Waals surface area (Å²) in [7, 11) is 0. The van der Waals surface area contributed by atoms with Crippen LogP contribution in [0, 0.1) is 0 Å². The van der Waals surface area contributed by atoms with Gasteiger partial charge in [0.2, 0.25) is 0 Å². The highest BCUT2D eigenvalue weighted by atomic mass is 32.1. The van der Waals surface area contributed by atoms with Crippen LogP contribution < -0.4 is 0 Å². The minimum atomic E-state index is 1.08. The van der Waals surface area contributed by atoms with Gasteiger partial charge in [-0.05, 0) is 19.3 Å². The van der Waals surface area contributed by atoms with E-state index < -0.39 is 0 Å². The lowest BCUT2D eigenvalue weighted by molar-refractivity contribution is 0.606. The van der Waals surface area contributed by atoms with Gasteiger partial charge in [-0.25, -0.2) is 4.98 Å². The van der Waals surface area contributed by atoms with Crippen molar-refractivity contribution in [3.8, 4) is 0 Å². The molecule has 2 heteroatoms. The molecule has 1 nitrogen and oxygen atoms in total. The van der Waals surface area contributed by atoms with Crippen molar-refractivity contribution in [2.24, 2.45) is 0 Å². The molecule has 1 aromatic heterocycles. The van der Waals surface area contributed by atoms with E-state index in [-0.39, 0.29) is 0 Å². The number of unbranched alkanes of at least 4 members (excludes halogenated alkanes) is 5. The zero-order valence-electron chi connectivity index (χ0n) is 10.1. The predicted octanol–water partition coefficient (Wildman–Crippen LogP) is 4.61. The number of aryl methyl sites for hydroxylation is 2. The van der Waals surface area contributed by atoms with Gasteiger partial charge in [-0.1, -0.05) is 46.0 Å². The first kappa shape index (κ1) is 12.7. The number of rotatable bonds is 8. The van der Waals surface area contributed by atoms with Gasteiger partial charge >= 0.3 is 0 Å². The van der Waals surface area contributed by atoms with Crippen LogP contribution in [-0.4, -0.2) is 4.98 Å². The van der Waals surface area contributed by atoms with E-state index in [1.165, 1.54) is 55.6 Å². The fraction of sp³-hybridized carbons (Fsp3) is 0.769. The molecular formula is C13H23NS. The number of nitrogens with zero attached hydrogens (tertiary/aromatic N) is 1. The Morgan fingerprint density at radius 1 is 1.07 bits per heavy atom. The Kier molecular flexibility index (Phi) is 6.66. The Morgan fingerprint density at radius 3 is 2.47 bits per heavy atom. The van der Waals surface area contributed by atoms with Gasteiger partial charge in [0.25, 0.3) is 0 Å². The molecule has 0 aliphatic carbocycles. The molecular weight excluding hydrogens is 202 g/mol. The molecule has 1 heterocycles. The third-order valence-electron chi connectivity index (χ3n) is 2.71. The maximum Gasteiger partial charge on any atom is 0.0928 e. The molecule has 0 radical (unpaired) electrons. The summed E-state index contributed by atoms with van der Waals surface area (Å²) in [4.78, 5) is 4.58. The van der Waals surface area contributed by atoms with E-state index >= 15 is 0 Å². The zero-order chi connectivity index (χ0) is 10.9. The molecule has 1 aromatic rings. The Labute approximate surface area is 97.9 Å². The minimum absolute atomic E-state index is 1.08. The second kappa shape index (κ2) is 7.86. The smallest absolute Gasteiger partial charge is 0.0928 e. The molecule has 0 aliphatic rings. The van der Waals surface area contributed by atoms with Gasteiger partial charge in [-0.15, -0.1) is 11.3 Å². The number of aromatic nitrogens is 1. The van der Waals surface area contributed by atoms with Crippen LogP contribution in [0.3, 0.4) is 0 Å². The van der Waals surface area contributed by atoms with Crippen LogP contribution in [0.25, 0.3) is 0 Å². The highest BCUT2D eigenvalue weighted by molar-refractivity contribution is 7.09. The summed E-state index contributed by atoms with van der Waals surface area (Å²) in [5.74, 6) is 0. The van der Waals surface area contributed by atoms with Crippen molar-refractivity contribution in [3.05, 3.63) is 16.1 Å². The van der Waals surface area contributed by atoms with Crippen molar-refractivity contribution in [1.29, 1.82) is 0 Å². The lowest BCUT2D eigenvalue weighted by atomic mass is 10.1. The molecule has 15 heavy (non-hydrogen) atoms. The van der Waals surface area contributed by atoms with E-state index in [2.05, 4.69) is 24.2 Å². The SMILES string of the molecule is CCCCCCCCc1nc(CC)cs1. The summed E-state index contributed by atoms with van der Waals surface area (Å²) in [6.45, 7) is 4.44. The molecule has 0 N–H and O–H groups in total.